The third-order valence-corrected chi connectivity index (χ3v) is 5.70. The van der Waals surface area contributed by atoms with E-state index in [1.54, 1.807) is 18.5 Å². The van der Waals surface area contributed by atoms with Crippen LogP contribution in [-0.2, 0) is 9.59 Å². The fourth-order valence-corrected chi connectivity index (χ4v) is 3.71. The van der Waals surface area contributed by atoms with Crippen LogP contribution in [0.4, 0.5) is 11.6 Å². The van der Waals surface area contributed by atoms with Crippen molar-refractivity contribution in [3.8, 4) is 0 Å². The lowest BCUT2D eigenvalue weighted by Gasteiger charge is -2.35. The first-order valence-corrected chi connectivity index (χ1v) is 10.4. The summed E-state index contributed by atoms with van der Waals surface area (Å²) in [6, 6.07) is 9.45. The summed E-state index contributed by atoms with van der Waals surface area (Å²) in [5.41, 5.74) is 1.92. The van der Waals surface area contributed by atoms with Crippen molar-refractivity contribution in [2.45, 2.75) is 19.1 Å². The van der Waals surface area contributed by atoms with E-state index in [-0.39, 0.29) is 22.8 Å². The summed E-state index contributed by atoms with van der Waals surface area (Å²) in [6.45, 7) is 6.55. The molecule has 1 atom stereocenters. The van der Waals surface area contributed by atoms with E-state index >= 15 is 0 Å². The number of hydrogen-bond donors (Lipinski definition) is 1. The van der Waals surface area contributed by atoms with E-state index in [0.717, 1.165) is 11.3 Å². The predicted molar refractivity (Wildman–Crippen MR) is 113 cm³/mol. The lowest BCUT2D eigenvalue weighted by Crippen LogP contribution is -2.51. The van der Waals surface area contributed by atoms with Gasteiger partial charge < -0.3 is 15.1 Å². The molecule has 8 heteroatoms. The first kappa shape index (κ1) is 20.1. The summed E-state index contributed by atoms with van der Waals surface area (Å²) in [7, 11) is 0. The fraction of sp³-hybridized carbons (Fsp3) is 0.400. The van der Waals surface area contributed by atoms with Gasteiger partial charge in [0.25, 0.3) is 0 Å². The molecule has 1 aromatic heterocycles. The highest BCUT2D eigenvalue weighted by molar-refractivity contribution is 8.01. The highest BCUT2D eigenvalue weighted by Gasteiger charge is 2.26. The number of thioether (sulfide) groups is 1. The number of piperazine rings is 1. The lowest BCUT2D eigenvalue weighted by atomic mass is 10.2. The smallest absolute Gasteiger partial charge is 0.235 e. The largest absolute Gasteiger partial charge is 0.338 e. The Morgan fingerprint density at radius 3 is 2.39 bits per heavy atom. The van der Waals surface area contributed by atoms with Crippen LogP contribution in [0, 0.1) is 6.92 Å². The second kappa shape index (κ2) is 9.54. The zero-order valence-electron chi connectivity index (χ0n) is 16.2. The molecule has 2 aromatic rings. The standard InChI is InChI=1S/C20H25N5O2S/c1-15-4-6-17(7-5-15)23-18(26)14-28-16(2)19(27)24-10-12-25(13-11-24)20-21-8-3-9-22-20/h3-9,16H,10-14H2,1-2H3,(H,23,26)/t16-/m0/s1. The van der Waals surface area contributed by atoms with E-state index < -0.39 is 0 Å². The van der Waals surface area contributed by atoms with Gasteiger partial charge in [-0.25, -0.2) is 9.97 Å². The van der Waals surface area contributed by atoms with Gasteiger partial charge in [0.2, 0.25) is 17.8 Å². The molecule has 0 radical (unpaired) electrons. The Balaban J connectivity index is 1.42. The molecule has 0 unspecified atom stereocenters. The number of carbonyl (C=O) groups is 2. The van der Waals surface area contributed by atoms with Crippen molar-refractivity contribution in [2.75, 3.05) is 42.1 Å². The van der Waals surface area contributed by atoms with Crippen molar-refractivity contribution in [1.29, 1.82) is 0 Å². The van der Waals surface area contributed by atoms with E-state index in [0.29, 0.717) is 32.1 Å². The van der Waals surface area contributed by atoms with Crippen molar-refractivity contribution >= 4 is 35.2 Å². The normalized spacial score (nSPS) is 15.2. The molecular formula is C20H25N5O2S. The zero-order chi connectivity index (χ0) is 19.9. The second-order valence-corrected chi connectivity index (χ2v) is 8.06. The SMILES string of the molecule is Cc1ccc(NC(=O)CS[C@@H](C)C(=O)N2CCN(c3ncccn3)CC2)cc1. The van der Waals surface area contributed by atoms with Crippen LogP contribution < -0.4 is 10.2 Å². The van der Waals surface area contributed by atoms with E-state index in [1.165, 1.54) is 11.8 Å². The van der Waals surface area contributed by atoms with Gasteiger partial charge in [-0.15, -0.1) is 11.8 Å². The van der Waals surface area contributed by atoms with Crippen molar-refractivity contribution in [3.05, 3.63) is 48.3 Å². The number of benzene rings is 1. The van der Waals surface area contributed by atoms with Gasteiger partial charge in [-0.1, -0.05) is 17.7 Å². The second-order valence-electron chi connectivity index (χ2n) is 6.73. The van der Waals surface area contributed by atoms with Crippen LogP contribution >= 0.6 is 11.8 Å². The molecule has 1 N–H and O–H groups in total. The van der Waals surface area contributed by atoms with Crippen LogP contribution in [0.15, 0.2) is 42.7 Å². The van der Waals surface area contributed by atoms with Crippen LogP contribution in [-0.4, -0.2) is 63.9 Å². The molecule has 1 aliphatic rings. The molecule has 3 rings (SSSR count). The quantitative estimate of drug-likeness (QED) is 0.802. The molecule has 2 heterocycles. The molecule has 0 bridgehead atoms. The molecule has 1 aromatic carbocycles. The molecule has 148 valence electrons. The van der Waals surface area contributed by atoms with Crippen LogP contribution in [0.25, 0.3) is 0 Å². The molecular weight excluding hydrogens is 374 g/mol. The summed E-state index contributed by atoms with van der Waals surface area (Å²) in [5, 5.41) is 2.60. The van der Waals surface area contributed by atoms with Crippen molar-refractivity contribution in [1.82, 2.24) is 14.9 Å². The summed E-state index contributed by atoms with van der Waals surface area (Å²) < 4.78 is 0. The molecule has 1 aliphatic heterocycles. The number of aromatic nitrogens is 2. The van der Waals surface area contributed by atoms with E-state index in [4.69, 9.17) is 0 Å². The Hall–Kier alpha value is -2.61. The molecule has 7 nitrogen and oxygen atoms in total. The molecule has 0 saturated carbocycles. The highest BCUT2D eigenvalue weighted by atomic mass is 32.2. The Labute approximate surface area is 169 Å². The summed E-state index contributed by atoms with van der Waals surface area (Å²) >= 11 is 1.36. The topological polar surface area (TPSA) is 78.4 Å². The number of aryl methyl sites for hydroxylation is 1. The predicted octanol–water partition coefficient (Wildman–Crippen LogP) is 2.19. The molecule has 28 heavy (non-hydrogen) atoms. The zero-order valence-corrected chi connectivity index (χ0v) is 17.0. The van der Waals surface area contributed by atoms with Crippen molar-refractivity contribution in [3.63, 3.8) is 0 Å². The molecule has 0 aliphatic carbocycles. The monoisotopic (exact) mass is 399 g/mol. The van der Waals surface area contributed by atoms with Gasteiger partial charge in [0, 0.05) is 44.3 Å². The van der Waals surface area contributed by atoms with Crippen LogP contribution in [0.3, 0.4) is 0 Å². The number of anilines is 2. The van der Waals surface area contributed by atoms with Crippen LogP contribution in [0.2, 0.25) is 0 Å². The number of amides is 2. The third kappa shape index (κ3) is 5.45. The highest BCUT2D eigenvalue weighted by Crippen LogP contribution is 2.17. The molecule has 1 fully saturated rings. The third-order valence-electron chi connectivity index (χ3n) is 4.57. The molecule has 2 amide bonds. The number of nitrogens with one attached hydrogen (secondary N) is 1. The van der Waals surface area contributed by atoms with Crippen molar-refractivity contribution < 1.29 is 9.59 Å². The van der Waals surface area contributed by atoms with E-state index in [9.17, 15) is 9.59 Å². The number of nitrogens with zero attached hydrogens (tertiary/aromatic N) is 4. The summed E-state index contributed by atoms with van der Waals surface area (Å²) in [6.07, 6.45) is 3.44. The average molecular weight is 400 g/mol. The molecule has 1 saturated heterocycles. The fourth-order valence-electron chi connectivity index (χ4n) is 2.94. The Morgan fingerprint density at radius 1 is 1.11 bits per heavy atom. The van der Waals surface area contributed by atoms with E-state index in [2.05, 4.69) is 20.2 Å². The maximum Gasteiger partial charge on any atom is 0.235 e. The van der Waals surface area contributed by atoms with Crippen molar-refractivity contribution in [2.24, 2.45) is 0 Å². The van der Waals surface area contributed by atoms with Gasteiger partial charge in [0.05, 0.1) is 11.0 Å². The minimum absolute atomic E-state index is 0.0711. The lowest BCUT2D eigenvalue weighted by molar-refractivity contribution is -0.130. The Bertz CT molecular complexity index is 792. The Kier molecular flexibility index (Phi) is 6.86. The van der Waals surface area contributed by atoms with E-state index in [1.807, 2.05) is 43.0 Å². The first-order valence-electron chi connectivity index (χ1n) is 9.32. The van der Waals surface area contributed by atoms with Gasteiger partial charge in [-0.3, -0.25) is 9.59 Å². The minimum atomic E-state index is -0.261. The van der Waals surface area contributed by atoms with Crippen LogP contribution in [0.1, 0.15) is 12.5 Å². The number of rotatable bonds is 6. The minimum Gasteiger partial charge on any atom is -0.338 e. The van der Waals surface area contributed by atoms with Crippen LogP contribution in [0.5, 0.6) is 0 Å². The molecule has 0 spiro atoms. The van der Waals surface area contributed by atoms with Gasteiger partial charge >= 0.3 is 0 Å². The van der Waals surface area contributed by atoms with Gasteiger partial charge in [-0.2, -0.15) is 0 Å². The Morgan fingerprint density at radius 2 is 1.75 bits per heavy atom. The first-order chi connectivity index (χ1) is 13.5. The maximum atomic E-state index is 12.7. The number of hydrogen-bond acceptors (Lipinski definition) is 6. The summed E-state index contributed by atoms with van der Waals surface area (Å²) in [4.78, 5) is 37.2. The van der Waals surface area contributed by atoms with Gasteiger partial charge in [-0.05, 0) is 32.0 Å². The average Bonchev–Trinajstić information content (AvgIpc) is 2.74. The van der Waals surface area contributed by atoms with Gasteiger partial charge in [0.1, 0.15) is 0 Å². The maximum absolute atomic E-state index is 12.7. The van der Waals surface area contributed by atoms with Gasteiger partial charge in [0.15, 0.2) is 0 Å². The summed E-state index contributed by atoms with van der Waals surface area (Å²) in [5.74, 6) is 0.921. The number of carbonyl (C=O) groups excluding carboxylic acids is 2.